The number of anilines is 2. The van der Waals surface area contributed by atoms with Crippen molar-refractivity contribution in [3.63, 3.8) is 0 Å². The molecule has 5 nitrogen and oxygen atoms in total. The van der Waals surface area contributed by atoms with E-state index in [2.05, 4.69) is 17.0 Å². The third-order valence-electron chi connectivity index (χ3n) is 5.64. The Bertz CT molecular complexity index is 1150. The van der Waals surface area contributed by atoms with Crippen LogP contribution in [0.3, 0.4) is 0 Å². The first-order chi connectivity index (χ1) is 15.1. The number of para-hydroxylation sites is 2. The van der Waals surface area contributed by atoms with Crippen LogP contribution < -0.4 is 9.80 Å². The lowest BCUT2D eigenvalue weighted by molar-refractivity contribution is -0.120. The van der Waals surface area contributed by atoms with Gasteiger partial charge >= 0.3 is 0 Å². The molecular formula is C24H20ClN3O2S. The lowest BCUT2D eigenvalue weighted by Gasteiger charge is -2.37. The fourth-order valence-electron chi connectivity index (χ4n) is 4.13. The Balaban J connectivity index is 1.49. The molecule has 1 fully saturated rings. The number of halogens is 1. The van der Waals surface area contributed by atoms with Gasteiger partial charge in [-0.3, -0.25) is 9.59 Å². The van der Waals surface area contributed by atoms with E-state index in [4.69, 9.17) is 11.6 Å². The molecule has 0 saturated carbocycles. The van der Waals surface area contributed by atoms with Gasteiger partial charge in [-0.25, -0.2) is 4.90 Å². The maximum atomic E-state index is 13.6. The van der Waals surface area contributed by atoms with Gasteiger partial charge in [0.2, 0.25) is 0 Å². The number of hydrogen-bond donors (Lipinski definition) is 0. The summed E-state index contributed by atoms with van der Waals surface area (Å²) >= 11 is 7.81. The highest BCUT2D eigenvalue weighted by Gasteiger charge is 2.44. The monoisotopic (exact) mass is 449 g/mol. The van der Waals surface area contributed by atoms with Crippen LogP contribution in [-0.2, 0) is 9.59 Å². The molecule has 2 aromatic carbocycles. The predicted molar refractivity (Wildman–Crippen MR) is 125 cm³/mol. The number of carbonyl (C=O) groups excluding carboxylic acids is 2. The quantitative estimate of drug-likeness (QED) is 0.550. The van der Waals surface area contributed by atoms with Gasteiger partial charge in [-0.2, -0.15) is 0 Å². The van der Waals surface area contributed by atoms with E-state index in [1.165, 1.54) is 21.9 Å². The van der Waals surface area contributed by atoms with Gasteiger partial charge in [0.25, 0.3) is 11.8 Å². The number of rotatable bonds is 4. The highest BCUT2D eigenvalue weighted by molar-refractivity contribution is 7.11. The zero-order chi connectivity index (χ0) is 21.4. The molecule has 1 aromatic heterocycles. The van der Waals surface area contributed by atoms with Crippen molar-refractivity contribution in [1.82, 2.24) is 4.90 Å². The van der Waals surface area contributed by atoms with Gasteiger partial charge in [-0.1, -0.05) is 48.0 Å². The minimum atomic E-state index is -0.318. The second kappa shape index (κ2) is 8.21. The molecule has 3 aromatic rings. The van der Waals surface area contributed by atoms with Crippen LogP contribution in [0.5, 0.6) is 0 Å². The van der Waals surface area contributed by atoms with E-state index >= 15 is 0 Å². The van der Waals surface area contributed by atoms with Gasteiger partial charge in [-0.15, -0.1) is 11.3 Å². The van der Waals surface area contributed by atoms with Crippen molar-refractivity contribution in [3.8, 4) is 0 Å². The zero-order valence-corrected chi connectivity index (χ0v) is 18.3. The zero-order valence-electron chi connectivity index (χ0n) is 16.7. The summed E-state index contributed by atoms with van der Waals surface area (Å²) in [6.07, 6.45) is 0. The fourth-order valence-corrected chi connectivity index (χ4v) is 5.12. The summed E-state index contributed by atoms with van der Waals surface area (Å²) in [6.45, 7) is 2.88. The normalized spacial score (nSPS) is 17.1. The Labute approximate surface area is 189 Å². The molecule has 156 valence electrons. The topological polar surface area (TPSA) is 43.9 Å². The second-order valence-corrected chi connectivity index (χ2v) is 8.76. The third kappa shape index (κ3) is 3.52. The minimum absolute atomic E-state index is 0.310. The number of nitrogens with zero attached hydrogens (tertiary/aromatic N) is 3. The van der Waals surface area contributed by atoms with Crippen LogP contribution in [0.1, 0.15) is 4.88 Å². The largest absolute Gasteiger partial charge is 0.368 e. The average Bonchev–Trinajstić information content (AvgIpc) is 3.41. The molecule has 0 bridgehead atoms. The molecule has 1 saturated heterocycles. The van der Waals surface area contributed by atoms with E-state index in [9.17, 15) is 9.59 Å². The lowest BCUT2D eigenvalue weighted by atomic mass is 10.1. The molecule has 2 aliphatic heterocycles. The standard InChI is InChI=1S/C24H20ClN3O2S/c25-18-9-4-5-10-19(18)28-23(29)21(20-11-6-16-31-20)22(24(28)30)27-14-12-26(13-15-27)17-7-2-1-3-8-17/h1-11,16H,12-15H2. The summed E-state index contributed by atoms with van der Waals surface area (Å²) < 4.78 is 0. The van der Waals surface area contributed by atoms with Crippen LogP contribution in [0, 0.1) is 0 Å². The molecule has 2 aliphatic rings. The van der Waals surface area contributed by atoms with Gasteiger partial charge < -0.3 is 9.80 Å². The predicted octanol–water partition coefficient (Wildman–Crippen LogP) is 4.51. The molecule has 0 spiro atoms. The van der Waals surface area contributed by atoms with E-state index < -0.39 is 0 Å². The number of thiophene rings is 1. The molecule has 31 heavy (non-hydrogen) atoms. The first kappa shape index (κ1) is 19.8. The summed E-state index contributed by atoms with van der Waals surface area (Å²) in [5.74, 6) is -0.629. The molecule has 7 heteroatoms. The van der Waals surface area contributed by atoms with Gasteiger partial charge in [0.05, 0.1) is 16.3 Å². The molecule has 0 radical (unpaired) electrons. The van der Waals surface area contributed by atoms with Crippen LogP contribution in [-0.4, -0.2) is 42.9 Å². The van der Waals surface area contributed by atoms with Crippen molar-refractivity contribution in [2.75, 3.05) is 36.0 Å². The highest BCUT2D eigenvalue weighted by atomic mass is 35.5. The van der Waals surface area contributed by atoms with Crippen LogP contribution >= 0.6 is 22.9 Å². The van der Waals surface area contributed by atoms with E-state index in [-0.39, 0.29) is 11.8 Å². The number of imide groups is 1. The van der Waals surface area contributed by atoms with Gasteiger partial charge in [0.1, 0.15) is 5.70 Å². The average molecular weight is 450 g/mol. The maximum Gasteiger partial charge on any atom is 0.282 e. The molecule has 0 aliphatic carbocycles. The summed E-state index contributed by atoms with van der Waals surface area (Å²) in [5, 5.41) is 2.30. The third-order valence-corrected chi connectivity index (χ3v) is 6.84. The van der Waals surface area contributed by atoms with Gasteiger partial charge in [0.15, 0.2) is 0 Å². The number of hydrogen-bond acceptors (Lipinski definition) is 5. The molecule has 2 amide bonds. The lowest BCUT2D eigenvalue weighted by Crippen LogP contribution is -2.47. The highest BCUT2D eigenvalue weighted by Crippen LogP contribution is 2.39. The van der Waals surface area contributed by atoms with Crippen molar-refractivity contribution < 1.29 is 9.59 Å². The summed E-state index contributed by atoms with van der Waals surface area (Å²) in [4.78, 5) is 33.4. The Morgan fingerprint density at radius 2 is 1.42 bits per heavy atom. The Morgan fingerprint density at radius 3 is 2.10 bits per heavy atom. The van der Waals surface area contributed by atoms with Crippen LogP contribution in [0.2, 0.25) is 5.02 Å². The van der Waals surface area contributed by atoms with E-state index in [0.29, 0.717) is 35.1 Å². The summed E-state index contributed by atoms with van der Waals surface area (Å²) in [5.41, 5.74) is 2.53. The number of piperazine rings is 1. The molecule has 0 atom stereocenters. The number of carbonyl (C=O) groups is 2. The number of benzene rings is 2. The Hall–Kier alpha value is -3.09. The second-order valence-electron chi connectivity index (χ2n) is 7.41. The molecule has 3 heterocycles. The number of amides is 2. The first-order valence-corrected chi connectivity index (χ1v) is 11.4. The summed E-state index contributed by atoms with van der Waals surface area (Å²) in [7, 11) is 0. The molecule has 0 N–H and O–H groups in total. The van der Waals surface area contributed by atoms with Gasteiger partial charge in [0, 0.05) is 36.7 Å². The summed E-state index contributed by atoms with van der Waals surface area (Å²) in [6, 6.07) is 21.0. The van der Waals surface area contributed by atoms with Crippen molar-refractivity contribution >= 4 is 51.7 Å². The Kier molecular flexibility index (Phi) is 5.26. The van der Waals surface area contributed by atoms with Crippen molar-refractivity contribution in [3.05, 3.63) is 87.7 Å². The van der Waals surface area contributed by atoms with Crippen molar-refractivity contribution in [2.24, 2.45) is 0 Å². The van der Waals surface area contributed by atoms with E-state index in [1.54, 1.807) is 24.3 Å². The molecule has 5 rings (SSSR count). The van der Waals surface area contributed by atoms with Crippen LogP contribution in [0.4, 0.5) is 11.4 Å². The van der Waals surface area contributed by atoms with Crippen LogP contribution in [0.15, 0.2) is 77.8 Å². The first-order valence-electron chi connectivity index (χ1n) is 10.1. The molecule has 0 unspecified atom stereocenters. The minimum Gasteiger partial charge on any atom is -0.368 e. The Morgan fingerprint density at radius 1 is 0.742 bits per heavy atom. The van der Waals surface area contributed by atoms with E-state index in [1.807, 2.05) is 40.6 Å². The van der Waals surface area contributed by atoms with E-state index in [0.717, 1.165) is 18.0 Å². The SMILES string of the molecule is O=C1C(c2cccs2)=C(N2CCN(c3ccccc3)CC2)C(=O)N1c1ccccc1Cl. The smallest absolute Gasteiger partial charge is 0.282 e. The maximum absolute atomic E-state index is 13.6. The molecular weight excluding hydrogens is 430 g/mol. The van der Waals surface area contributed by atoms with Crippen molar-refractivity contribution in [2.45, 2.75) is 0 Å². The van der Waals surface area contributed by atoms with Crippen molar-refractivity contribution in [1.29, 1.82) is 0 Å². The van der Waals surface area contributed by atoms with Crippen LogP contribution in [0.25, 0.3) is 5.57 Å². The van der Waals surface area contributed by atoms with Gasteiger partial charge in [-0.05, 0) is 35.7 Å². The fraction of sp³-hybridized carbons (Fsp3) is 0.167.